The van der Waals surface area contributed by atoms with Crippen molar-refractivity contribution < 1.29 is 4.79 Å². The summed E-state index contributed by atoms with van der Waals surface area (Å²) >= 11 is 1.53. The third-order valence-electron chi connectivity index (χ3n) is 2.97. The molecule has 1 aromatic heterocycles. The summed E-state index contributed by atoms with van der Waals surface area (Å²) in [5.74, 6) is -0.0784. The number of carbonyl (C=O) groups is 1. The highest BCUT2D eigenvalue weighted by Crippen LogP contribution is 2.31. The van der Waals surface area contributed by atoms with E-state index in [2.05, 4.69) is 42.3 Å². The van der Waals surface area contributed by atoms with Crippen molar-refractivity contribution in [3.8, 4) is 0 Å². The predicted octanol–water partition coefficient (Wildman–Crippen LogP) is 3.99. The summed E-state index contributed by atoms with van der Waals surface area (Å²) in [5.41, 5.74) is 3.05. The number of rotatable bonds is 4. The van der Waals surface area contributed by atoms with Gasteiger partial charge in [0, 0.05) is 17.1 Å². The van der Waals surface area contributed by atoms with E-state index in [-0.39, 0.29) is 11.9 Å². The maximum Gasteiger partial charge on any atom is 0.254 e. The first kappa shape index (κ1) is 15.6. The van der Waals surface area contributed by atoms with Crippen LogP contribution in [-0.2, 0) is 0 Å². The zero-order chi connectivity index (χ0) is 15.4. The summed E-state index contributed by atoms with van der Waals surface area (Å²) in [4.78, 5) is 17.7. The Balaban J connectivity index is 2.30. The normalized spacial score (nSPS) is 10.7. The van der Waals surface area contributed by atoms with Gasteiger partial charge in [-0.05, 0) is 51.5 Å². The number of aryl methyl sites for hydroxylation is 2. The molecule has 0 atom stereocenters. The standard InChI is InChI=1S/C17H20N2OS/c1-11(2)19-16(20)14-6-5-9-18-17(14)21-15-8-7-12(3)10-13(15)4/h5-11H,1-4H3,(H,19,20). The van der Waals surface area contributed by atoms with E-state index >= 15 is 0 Å². The Morgan fingerprint density at radius 2 is 2.00 bits per heavy atom. The lowest BCUT2D eigenvalue weighted by Crippen LogP contribution is -2.30. The van der Waals surface area contributed by atoms with Crippen molar-refractivity contribution >= 4 is 17.7 Å². The van der Waals surface area contributed by atoms with E-state index in [1.807, 2.05) is 19.9 Å². The van der Waals surface area contributed by atoms with Crippen molar-refractivity contribution in [2.45, 2.75) is 43.7 Å². The van der Waals surface area contributed by atoms with Gasteiger partial charge in [-0.3, -0.25) is 4.79 Å². The monoisotopic (exact) mass is 300 g/mol. The van der Waals surface area contributed by atoms with Crippen LogP contribution in [0.3, 0.4) is 0 Å². The van der Waals surface area contributed by atoms with Gasteiger partial charge in [-0.2, -0.15) is 0 Å². The molecule has 0 spiro atoms. The zero-order valence-corrected chi connectivity index (χ0v) is 13.6. The van der Waals surface area contributed by atoms with Gasteiger partial charge in [0.15, 0.2) is 0 Å². The fourth-order valence-corrected chi connectivity index (χ4v) is 2.95. The minimum absolute atomic E-state index is 0.0784. The fraction of sp³-hybridized carbons (Fsp3) is 0.294. The second kappa shape index (κ2) is 6.76. The van der Waals surface area contributed by atoms with Crippen LogP contribution in [0.2, 0.25) is 0 Å². The van der Waals surface area contributed by atoms with E-state index in [1.165, 1.54) is 22.9 Å². The first-order chi connectivity index (χ1) is 9.97. The number of nitrogens with one attached hydrogen (secondary N) is 1. The predicted molar refractivity (Wildman–Crippen MR) is 86.9 cm³/mol. The second-order valence-electron chi connectivity index (χ2n) is 5.36. The Bertz CT molecular complexity index is 653. The first-order valence-corrected chi connectivity index (χ1v) is 7.80. The van der Waals surface area contributed by atoms with Gasteiger partial charge >= 0.3 is 0 Å². The van der Waals surface area contributed by atoms with Crippen LogP contribution in [0.5, 0.6) is 0 Å². The minimum atomic E-state index is -0.0784. The quantitative estimate of drug-likeness (QED) is 0.928. The van der Waals surface area contributed by atoms with Gasteiger partial charge < -0.3 is 5.32 Å². The molecular formula is C17H20N2OS. The molecule has 1 heterocycles. The lowest BCUT2D eigenvalue weighted by atomic mass is 10.2. The molecule has 1 N–H and O–H groups in total. The van der Waals surface area contributed by atoms with E-state index in [0.717, 1.165) is 9.92 Å². The van der Waals surface area contributed by atoms with Crippen LogP contribution >= 0.6 is 11.8 Å². The summed E-state index contributed by atoms with van der Waals surface area (Å²) in [5, 5.41) is 3.66. The molecule has 0 aliphatic heterocycles. The Morgan fingerprint density at radius 3 is 2.67 bits per heavy atom. The Morgan fingerprint density at radius 1 is 1.24 bits per heavy atom. The Kier molecular flexibility index (Phi) is 5.02. The first-order valence-electron chi connectivity index (χ1n) is 6.98. The number of pyridine rings is 1. The van der Waals surface area contributed by atoms with Crippen LogP contribution in [0.4, 0.5) is 0 Å². The summed E-state index contributed by atoms with van der Waals surface area (Å²) in [6, 6.07) is 10.0. The van der Waals surface area contributed by atoms with Gasteiger partial charge in [0.2, 0.25) is 0 Å². The molecule has 2 rings (SSSR count). The number of amides is 1. The lowest BCUT2D eigenvalue weighted by Gasteiger charge is -2.12. The van der Waals surface area contributed by atoms with Gasteiger partial charge in [0.05, 0.1) is 5.56 Å². The van der Waals surface area contributed by atoms with Crippen LogP contribution < -0.4 is 5.32 Å². The number of carbonyl (C=O) groups excluding carboxylic acids is 1. The van der Waals surface area contributed by atoms with Crippen molar-refractivity contribution in [3.05, 3.63) is 53.2 Å². The smallest absolute Gasteiger partial charge is 0.254 e. The van der Waals surface area contributed by atoms with Gasteiger partial charge in [0.25, 0.3) is 5.91 Å². The number of nitrogens with zero attached hydrogens (tertiary/aromatic N) is 1. The molecular weight excluding hydrogens is 280 g/mol. The lowest BCUT2D eigenvalue weighted by molar-refractivity contribution is 0.0939. The van der Waals surface area contributed by atoms with Crippen molar-refractivity contribution in [3.63, 3.8) is 0 Å². The van der Waals surface area contributed by atoms with E-state index in [1.54, 1.807) is 12.3 Å². The highest BCUT2D eigenvalue weighted by Gasteiger charge is 2.14. The molecule has 0 bridgehead atoms. The molecule has 21 heavy (non-hydrogen) atoms. The largest absolute Gasteiger partial charge is 0.350 e. The highest BCUT2D eigenvalue weighted by molar-refractivity contribution is 7.99. The molecule has 0 aliphatic carbocycles. The molecule has 0 unspecified atom stereocenters. The van der Waals surface area contributed by atoms with E-state index in [4.69, 9.17) is 0 Å². The third kappa shape index (κ3) is 4.08. The van der Waals surface area contributed by atoms with Crippen molar-refractivity contribution in [1.29, 1.82) is 0 Å². The van der Waals surface area contributed by atoms with Crippen molar-refractivity contribution in [2.75, 3.05) is 0 Å². The Labute approximate surface area is 130 Å². The van der Waals surface area contributed by atoms with Crippen LogP contribution in [0.15, 0.2) is 46.5 Å². The zero-order valence-electron chi connectivity index (χ0n) is 12.8. The van der Waals surface area contributed by atoms with Crippen molar-refractivity contribution in [2.24, 2.45) is 0 Å². The Hall–Kier alpha value is -1.81. The second-order valence-corrected chi connectivity index (χ2v) is 6.39. The van der Waals surface area contributed by atoms with Gasteiger partial charge in [-0.15, -0.1) is 0 Å². The average Bonchev–Trinajstić information content (AvgIpc) is 2.41. The van der Waals surface area contributed by atoms with Crippen LogP contribution in [0.1, 0.15) is 35.3 Å². The summed E-state index contributed by atoms with van der Waals surface area (Å²) in [6.45, 7) is 8.05. The number of hydrogen-bond donors (Lipinski definition) is 1. The van der Waals surface area contributed by atoms with Crippen LogP contribution in [0, 0.1) is 13.8 Å². The molecule has 0 radical (unpaired) electrons. The summed E-state index contributed by atoms with van der Waals surface area (Å²) in [7, 11) is 0. The van der Waals surface area contributed by atoms with Crippen LogP contribution in [0.25, 0.3) is 0 Å². The summed E-state index contributed by atoms with van der Waals surface area (Å²) < 4.78 is 0. The topological polar surface area (TPSA) is 42.0 Å². The molecule has 1 amide bonds. The molecule has 4 heteroatoms. The average molecular weight is 300 g/mol. The number of aromatic nitrogens is 1. The molecule has 3 nitrogen and oxygen atoms in total. The molecule has 0 aliphatic rings. The van der Waals surface area contributed by atoms with Gasteiger partial charge in [-0.1, -0.05) is 29.5 Å². The third-order valence-corrected chi connectivity index (χ3v) is 4.17. The molecule has 110 valence electrons. The minimum Gasteiger partial charge on any atom is -0.350 e. The van der Waals surface area contributed by atoms with Gasteiger partial charge in [-0.25, -0.2) is 4.98 Å². The summed E-state index contributed by atoms with van der Waals surface area (Å²) in [6.07, 6.45) is 1.72. The number of benzene rings is 1. The van der Waals surface area contributed by atoms with E-state index in [9.17, 15) is 4.79 Å². The maximum atomic E-state index is 12.2. The molecule has 0 saturated carbocycles. The highest BCUT2D eigenvalue weighted by atomic mass is 32.2. The SMILES string of the molecule is Cc1ccc(Sc2ncccc2C(=O)NC(C)C)c(C)c1. The van der Waals surface area contributed by atoms with Gasteiger partial charge in [0.1, 0.15) is 5.03 Å². The fourth-order valence-electron chi connectivity index (χ4n) is 2.00. The molecule has 0 fully saturated rings. The molecule has 1 aromatic carbocycles. The van der Waals surface area contributed by atoms with E-state index < -0.39 is 0 Å². The van der Waals surface area contributed by atoms with Crippen LogP contribution in [-0.4, -0.2) is 16.9 Å². The maximum absolute atomic E-state index is 12.2. The van der Waals surface area contributed by atoms with Crippen molar-refractivity contribution in [1.82, 2.24) is 10.3 Å². The number of hydrogen-bond acceptors (Lipinski definition) is 3. The molecule has 2 aromatic rings. The van der Waals surface area contributed by atoms with E-state index in [0.29, 0.717) is 5.56 Å². The molecule has 0 saturated heterocycles.